The quantitative estimate of drug-likeness (QED) is 0.855. The Labute approximate surface area is 114 Å². The number of halogens is 1. The Morgan fingerprint density at radius 3 is 2.72 bits per heavy atom. The number of anilines is 1. The monoisotopic (exact) mass is 262 g/mol. The van der Waals surface area contributed by atoms with Gasteiger partial charge in [0.25, 0.3) is 0 Å². The normalized spacial score (nSPS) is 27.6. The van der Waals surface area contributed by atoms with E-state index >= 15 is 0 Å². The van der Waals surface area contributed by atoms with Crippen molar-refractivity contribution in [3.63, 3.8) is 0 Å². The van der Waals surface area contributed by atoms with Crippen LogP contribution in [0.1, 0.15) is 38.7 Å². The third-order valence-electron chi connectivity index (χ3n) is 4.06. The van der Waals surface area contributed by atoms with Crippen LogP contribution in [0.5, 0.6) is 0 Å². The molecular weight excluding hydrogens is 244 g/mol. The summed E-state index contributed by atoms with van der Waals surface area (Å²) in [7, 11) is 0. The fourth-order valence-corrected chi connectivity index (χ4v) is 2.81. The largest absolute Gasteiger partial charge is 0.381 e. The van der Waals surface area contributed by atoms with Gasteiger partial charge in [-0.25, -0.2) is 0 Å². The molecule has 2 rings (SSSR count). The molecule has 1 aliphatic carbocycles. The van der Waals surface area contributed by atoms with Crippen molar-refractivity contribution < 1.29 is 0 Å². The van der Waals surface area contributed by atoms with Gasteiger partial charge >= 0.3 is 0 Å². The van der Waals surface area contributed by atoms with Crippen LogP contribution in [0.4, 0.5) is 5.69 Å². The van der Waals surface area contributed by atoms with Crippen LogP contribution in [-0.4, -0.2) is 6.04 Å². The Bertz CT molecular complexity index is 464. The number of nitriles is 1. The van der Waals surface area contributed by atoms with Crippen LogP contribution in [-0.2, 0) is 0 Å². The molecule has 3 unspecified atom stereocenters. The number of benzene rings is 1. The topological polar surface area (TPSA) is 35.8 Å². The van der Waals surface area contributed by atoms with Crippen molar-refractivity contribution in [3.8, 4) is 6.07 Å². The van der Waals surface area contributed by atoms with Crippen molar-refractivity contribution in [1.29, 1.82) is 5.26 Å². The van der Waals surface area contributed by atoms with Gasteiger partial charge in [0.15, 0.2) is 0 Å². The van der Waals surface area contributed by atoms with E-state index in [2.05, 4.69) is 25.2 Å². The molecule has 0 amide bonds. The van der Waals surface area contributed by atoms with Crippen LogP contribution < -0.4 is 5.32 Å². The molecule has 0 radical (unpaired) electrons. The molecule has 0 saturated heterocycles. The summed E-state index contributed by atoms with van der Waals surface area (Å²) in [6, 6.07) is 8.14. The minimum Gasteiger partial charge on any atom is -0.381 e. The molecule has 2 nitrogen and oxygen atoms in total. The van der Waals surface area contributed by atoms with Crippen LogP contribution >= 0.6 is 11.6 Å². The molecule has 3 heteroatoms. The van der Waals surface area contributed by atoms with Gasteiger partial charge in [0.1, 0.15) is 6.07 Å². The molecule has 18 heavy (non-hydrogen) atoms. The van der Waals surface area contributed by atoms with Crippen molar-refractivity contribution in [2.75, 3.05) is 5.32 Å². The third-order valence-corrected chi connectivity index (χ3v) is 4.29. The van der Waals surface area contributed by atoms with Gasteiger partial charge in [-0.3, -0.25) is 0 Å². The molecular formula is C15H19ClN2. The maximum Gasteiger partial charge on any atom is 0.101 e. The summed E-state index contributed by atoms with van der Waals surface area (Å²) < 4.78 is 0. The Kier molecular flexibility index (Phi) is 4.14. The van der Waals surface area contributed by atoms with E-state index in [0.717, 1.165) is 17.5 Å². The van der Waals surface area contributed by atoms with Gasteiger partial charge in [0, 0.05) is 11.1 Å². The van der Waals surface area contributed by atoms with E-state index in [-0.39, 0.29) is 0 Å². The lowest BCUT2D eigenvalue weighted by Crippen LogP contribution is -2.30. The summed E-state index contributed by atoms with van der Waals surface area (Å²) in [5.74, 6) is 1.55. The van der Waals surface area contributed by atoms with Gasteiger partial charge in [-0.1, -0.05) is 25.4 Å². The Morgan fingerprint density at radius 1 is 1.28 bits per heavy atom. The van der Waals surface area contributed by atoms with E-state index in [1.807, 2.05) is 12.1 Å². The minimum absolute atomic E-state index is 0.476. The highest BCUT2D eigenvalue weighted by atomic mass is 35.5. The van der Waals surface area contributed by atoms with Crippen LogP contribution in [0, 0.1) is 23.2 Å². The second-order valence-electron chi connectivity index (χ2n) is 5.41. The number of nitrogens with one attached hydrogen (secondary N) is 1. The lowest BCUT2D eigenvalue weighted by molar-refractivity contribution is 0.261. The standard InChI is InChI=1S/C15H19ClN2/c1-10-3-5-14(7-11(10)2)18-15-6-4-13(16)8-12(15)9-17/h4,6,8,10-11,14,18H,3,5,7H2,1-2H3. The van der Waals surface area contributed by atoms with Crippen molar-refractivity contribution >= 4 is 17.3 Å². The van der Waals surface area contributed by atoms with Gasteiger partial charge in [-0.15, -0.1) is 0 Å². The summed E-state index contributed by atoms with van der Waals surface area (Å²) in [6.07, 6.45) is 3.61. The molecule has 0 aromatic heterocycles. The summed E-state index contributed by atoms with van der Waals surface area (Å²) in [5.41, 5.74) is 1.54. The van der Waals surface area contributed by atoms with E-state index in [1.165, 1.54) is 19.3 Å². The number of nitrogens with zero attached hydrogens (tertiary/aromatic N) is 1. The maximum atomic E-state index is 9.12. The highest BCUT2D eigenvalue weighted by molar-refractivity contribution is 6.30. The van der Waals surface area contributed by atoms with Crippen molar-refractivity contribution in [2.45, 2.75) is 39.2 Å². The molecule has 3 atom stereocenters. The third kappa shape index (κ3) is 2.97. The molecule has 0 spiro atoms. The van der Waals surface area contributed by atoms with Crippen LogP contribution in [0.25, 0.3) is 0 Å². The van der Waals surface area contributed by atoms with E-state index in [9.17, 15) is 0 Å². The second-order valence-corrected chi connectivity index (χ2v) is 5.85. The van der Waals surface area contributed by atoms with E-state index < -0.39 is 0 Å². The maximum absolute atomic E-state index is 9.12. The molecule has 1 aliphatic rings. The highest BCUT2D eigenvalue weighted by Crippen LogP contribution is 2.32. The summed E-state index contributed by atoms with van der Waals surface area (Å²) in [5, 5.41) is 13.2. The molecule has 1 saturated carbocycles. The van der Waals surface area contributed by atoms with E-state index in [4.69, 9.17) is 16.9 Å². The fraction of sp³-hybridized carbons (Fsp3) is 0.533. The van der Waals surface area contributed by atoms with Crippen molar-refractivity contribution in [2.24, 2.45) is 11.8 Å². The summed E-state index contributed by atoms with van der Waals surface area (Å²) >= 11 is 5.90. The molecule has 0 bridgehead atoms. The van der Waals surface area contributed by atoms with Crippen molar-refractivity contribution in [3.05, 3.63) is 28.8 Å². The zero-order valence-corrected chi connectivity index (χ0v) is 11.7. The predicted molar refractivity (Wildman–Crippen MR) is 75.8 cm³/mol. The molecule has 1 aromatic rings. The minimum atomic E-state index is 0.476. The SMILES string of the molecule is CC1CCC(Nc2ccc(Cl)cc2C#N)CC1C. The zero-order chi connectivity index (χ0) is 13.1. The number of hydrogen-bond acceptors (Lipinski definition) is 2. The van der Waals surface area contributed by atoms with Crippen molar-refractivity contribution in [1.82, 2.24) is 0 Å². The molecule has 0 heterocycles. The first-order valence-corrected chi connectivity index (χ1v) is 6.94. The van der Waals surface area contributed by atoms with Crippen LogP contribution in [0.3, 0.4) is 0 Å². The van der Waals surface area contributed by atoms with Crippen LogP contribution in [0.2, 0.25) is 5.02 Å². The van der Waals surface area contributed by atoms with Gasteiger partial charge in [0.05, 0.1) is 11.3 Å². The average molecular weight is 263 g/mol. The molecule has 1 N–H and O–H groups in total. The number of hydrogen-bond donors (Lipinski definition) is 1. The fourth-order valence-electron chi connectivity index (χ4n) is 2.63. The van der Waals surface area contributed by atoms with Crippen LogP contribution in [0.15, 0.2) is 18.2 Å². The summed E-state index contributed by atoms with van der Waals surface area (Å²) in [4.78, 5) is 0. The zero-order valence-electron chi connectivity index (χ0n) is 10.9. The van der Waals surface area contributed by atoms with Gasteiger partial charge in [-0.05, 0) is 49.3 Å². The first kappa shape index (κ1) is 13.2. The first-order valence-electron chi connectivity index (χ1n) is 6.56. The lowest BCUT2D eigenvalue weighted by Gasteiger charge is -2.33. The van der Waals surface area contributed by atoms with Gasteiger partial charge < -0.3 is 5.32 Å². The smallest absolute Gasteiger partial charge is 0.101 e. The highest BCUT2D eigenvalue weighted by Gasteiger charge is 2.24. The predicted octanol–water partition coefficient (Wildman–Crippen LogP) is 4.45. The molecule has 96 valence electrons. The Balaban J connectivity index is 2.08. The first-order chi connectivity index (χ1) is 8.60. The summed E-state index contributed by atoms with van der Waals surface area (Å²) in [6.45, 7) is 4.63. The number of rotatable bonds is 2. The van der Waals surface area contributed by atoms with Gasteiger partial charge in [-0.2, -0.15) is 5.26 Å². The molecule has 0 aliphatic heterocycles. The molecule has 1 fully saturated rings. The van der Waals surface area contributed by atoms with E-state index in [1.54, 1.807) is 6.07 Å². The Hall–Kier alpha value is -1.20. The Morgan fingerprint density at radius 2 is 2.06 bits per heavy atom. The second kappa shape index (κ2) is 5.63. The van der Waals surface area contributed by atoms with Gasteiger partial charge in [0.2, 0.25) is 0 Å². The average Bonchev–Trinajstić information content (AvgIpc) is 2.36. The molecule has 1 aromatic carbocycles. The lowest BCUT2D eigenvalue weighted by atomic mass is 9.79. The van der Waals surface area contributed by atoms with E-state index in [0.29, 0.717) is 16.6 Å².